The molecule has 2 rings (SSSR count). The molecular formula is C15H22N2O2. The van der Waals surface area contributed by atoms with Crippen molar-refractivity contribution in [3.63, 3.8) is 0 Å². The van der Waals surface area contributed by atoms with E-state index in [0.717, 1.165) is 30.3 Å². The zero-order valence-electron chi connectivity index (χ0n) is 11.6. The summed E-state index contributed by atoms with van der Waals surface area (Å²) in [5.41, 5.74) is 8.22. The second-order valence-corrected chi connectivity index (χ2v) is 5.36. The number of aryl methyl sites for hydroxylation is 1. The number of hydrogen-bond acceptors (Lipinski definition) is 3. The lowest BCUT2D eigenvalue weighted by atomic mass is 9.85. The maximum absolute atomic E-state index is 11.2. The fourth-order valence-electron chi connectivity index (χ4n) is 2.54. The zero-order chi connectivity index (χ0) is 14.0. The van der Waals surface area contributed by atoms with Crippen LogP contribution in [0.25, 0.3) is 0 Å². The van der Waals surface area contributed by atoms with Gasteiger partial charge in [-0.1, -0.05) is 6.42 Å². The molecule has 19 heavy (non-hydrogen) atoms. The fraction of sp³-hybridized carbons (Fsp3) is 0.533. The first-order chi connectivity index (χ1) is 9.02. The average molecular weight is 262 g/mol. The highest BCUT2D eigenvalue weighted by molar-refractivity contribution is 5.95. The van der Waals surface area contributed by atoms with Gasteiger partial charge in [-0.25, -0.2) is 4.79 Å². The minimum atomic E-state index is -0.956. The van der Waals surface area contributed by atoms with E-state index in [-0.39, 0.29) is 5.56 Å². The van der Waals surface area contributed by atoms with Gasteiger partial charge in [-0.15, -0.1) is 0 Å². The van der Waals surface area contributed by atoms with Gasteiger partial charge >= 0.3 is 5.97 Å². The quantitative estimate of drug-likeness (QED) is 0.801. The molecule has 1 saturated carbocycles. The number of rotatable bonds is 5. The fourth-order valence-corrected chi connectivity index (χ4v) is 2.54. The third-order valence-electron chi connectivity index (χ3n) is 4.05. The summed E-state index contributed by atoms with van der Waals surface area (Å²) in [6.45, 7) is 5.87. The normalized spacial score (nSPS) is 15.1. The maximum Gasteiger partial charge on any atom is 0.337 e. The Labute approximate surface area is 114 Å². The third kappa shape index (κ3) is 2.83. The highest BCUT2D eigenvalue weighted by Crippen LogP contribution is 2.31. The number of carboxylic acids is 1. The molecule has 0 radical (unpaired) electrons. The number of carbonyl (C=O) groups is 1. The van der Waals surface area contributed by atoms with Crippen LogP contribution in [0.15, 0.2) is 12.1 Å². The van der Waals surface area contributed by atoms with Crippen molar-refractivity contribution >= 4 is 17.3 Å². The molecule has 104 valence electrons. The summed E-state index contributed by atoms with van der Waals surface area (Å²) in [7, 11) is 0. The molecule has 4 nitrogen and oxygen atoms in total. The number of carboxylic acid groups (broad SMARTS) is 1. The number of nitrogens with two attached hydrogens (primary N) is 1. The van der Waals surface area contributed by atoms with Crippen molar-refractivity contribution in [3.8, 4) is 0 Å². The van der Waals surface area contributed by atoms with Crippen LogP contribution in [0.2, 0.25) is 0 Å². The van der Waals surface area contributed by atoms with E-state index >= 15 is 0 Å². The molecule has 0 aliphatic heterocycles. The smallest absolute Gasteiger partial charge is 0.337 e. The van der Waals surface area contributed by atoms with Gasteiger partial charge in [0.15, 0.2) is 0 Å². The minimum Gasteiger partial charge on any atom is -0.478 e. The number of aromatic carboxylic acids is 1. The molecular weight excluding hydrogens is 240 g/mol. The van der Waals surface area contributed by atoms with Gasteiger partial charge in [0.25, 0.3) is 0 Å². The minimum absolute atomic E-state index is 0.210. The monoisotopic (exact) mass is 262 g/mol. The van der Waals surface area contributed by atoms with Gasteiger partial charge in [0, 0.05) is 24.5 Å². The Morgan fingerprint density at radius 2 is 2.16 bits per heavy atom. The van der Waals surface area contributed by atoms with Crippen molar-refractivity contribution in [2.75, 3.05) is 23.7 Å². The van der Waals surface area contributed by atoms with Gasteiger partial charge in [0.1, 0.15) is 0 Å². The zero-order valence-corrected chi connectivity index (χ0v) is 11.6. The summed E-state index contributed by atoms with van der Waals surface area (Å²) in [6, 6.07) is 3.69. The van der Waals surface area contributed by atoms with Crippen LogP contribution in [-0.2, 0) is 0 Å². The van der Waals surface area contributed by atoms with E-state index in [1.165, 1.54) is 19.3 Å². The van der Waals surface area contributed by atoms with Crippen LogP contribution in [0.4, 0.5) is 11.4 Å². The van der Waals surface area contributed by atoms with E-state index < -0.39 is 5.97 Å². The molecule has 1 aliphatic carbocycles. The summed E-state index contributed by atoms with van der Waals surface area (Å²) in [5, 5.41) is 9.21. The summed E-state index contributed by atoms with van der Waals surface area (Å²) in [5.74, 6) is -0.201. The molecule has 1 fully saturated rings. The number of nitrogen functional groups attached to an aromatic ring is 1. The van der Waals surface area contributed by atoms with Crippen LogP contribution in [0, 0.1) is 12.8 Å². The standard InChI is InChI=1S/C15H22N2O2/c1-3-17(9-11-5-4-6-11)12-7-10(2)14(16)13(8-12)15(18)19/h7-8,11H,3-6,9,16H2,1-2H3,(H,18,19). The topological polar surface area (TPSA) is 66.6 Å². The lowest BCUT2D eigenvalue weighted by Crippen LogP contribution is -2.32. The first-order valence-electron chi connectivity index (χ1n) is 6.91. The van der Waals surface area contributed by atoms with Gasteiger partial charge in [-0.05, 0) is 50.3 Å². The second kappa shape index (κ2) is 5.51. The average Bonchev–Trinajstić information content (AvgIpc) is 2.31. The highest BCUT2D eigenvalue weighted by atomic mass is 16.4. The number of benzene rings is 1. The Bertz CT molecular complexity index is 481. The summed E-state index contributed by atoms with van der Waals surface area (Å²) >= 11 is 0. The van der Waals surface area contributed by atoms with Crippen molar-refractivity contribution in [1.29, 1.82) is 0 Å². The Balaban J connectivity index is 2.28. The highest BCUT2D eigenvalue weighted by Gasteiger charge is 2.21. The van der Waals surface area contributed by atoms with Crippen LogP contribution in [-0.4, -0.2) is 24.2 Å². The molecule has 0 unspecified atom stereocenters. The Kier molecular flexibility index (Phi) is 3.98. The number of hydrogen-bond donors (Lipinski definition) is 2. The summed E-state index contributed by atoms with van der Waals surface area (Å²) in [4.78, 5) is 13.5. The predicted molar refractivity (Wildman–Crippen MR) is 77.8 cm³/mol. The first-order valence-corrected chi connectivity index (χ1v) is 6.91. The number of anilines is 2. The largest absolute Gasteiger partial charge is 0.478 e. The van der Waals surface area contributed by atoms with Gasteiger partial charge in [0.05, 0.1) is 5.56 Å². The molecule has 0 amide bonds. The van der Waals surface area contributed by atoms with E-state index in [1.54, 1.807) is 6.07 Å². The molecule has 0 heterocycles. The van der Waals surface area contributed by atoms with E-state index in [4.69, 9.17) is 5.73 Å². The third-order valence-corrected chi connectivity index (χ3v) is 4.05. The van der Waals surface area contributed by atoms with Crippen molar-refractivity contribution in [1.82, 2.24) is 0 Å². The molecule has 0 spiro atoms. The van der Waals surface area contributed by atoms with Crippen LogP contribution >= 0.6 is 0 Å². The van der Waals surface area contributed by atoms with Crippen molar-refractivity contribution in [3.05, 3.63) is 23.3 Å². The second-order valence-electron chi connectivity index (χ2n) is 5.36. The number of nitrogens with zero attached hydrogens (tertiary/aromatic N) is 1. The van der Waals surface area contributed by atoms with E-state index in [1.807, 2.05) is 13.0 Å². The van der Waals surface area contributed by atoms with Crippen molar-refractivity contribution in [2.24, 2.45) is 5.92 Å². The van der Waals surface area contributed by atoms with Crippen LogP contribution < -0.4 is 10.6 Å². The van der Waals surface area contributed by atoms with Crippen LogP contribution in [0.5, 0.6) is 0 Å². The SMILES string of the molecule is CCN(CC1CCC1)c1cc(C)c(N)c(C(=O)O)c1. The maximum atomic E-state index is 11.2. The molecule has 4 heteroatoms. The molecule has 3 N–H and O–H groups in total. The van der Waals surface area contributed by atoms with E-state index in [0.29, 0.717) is 5.69 Å². The Morgan fingerprint density at radius 3 is 2.63 bits per heavy atom. The van der Waals surface area contributed by atoms with Gasteiger partial charge in [-0.2, -0.15) is 0 Å². The molecule has 0 bridgehead atoms. The first kappa shape index (κ1) is 13.7. The predicted octanol–water partition coefficient (Wildman–Crippen LogP) is 2.90. The molecule has 0 aromatic heterocycles. The molecule has 1 aliphatic rings. The lowest BCUT2D eigenvalue weighted by Gasteiger charge is -2.33. The van der Waals surface area contributed by atoms with Crippen molar-refractivity contribution in [2.45, 2.75) is 33.1 Å². The van der Waals surface area contributed by atoms with Gasteiger partial charge < -0.3 is 15.7 Å². The summed E-state index contributed by atoms with van der Waals surface area (Å²) < 4.78 is 0. The molecule has 0 atom stereocenters. The van der Waals surface area contributed by atoms with Crippen LogP contribution in [0.1, 0.15) is 42.1 Å². The van der Waals surface area contributed by atoms with E-state index in [9.17, 15) is 9.90 Å². The molecule has 0 saturated heterocycles. The van der Waals surface area contributed by atoms with E-state index in [2.05, 4.69) is 11.8 Å². The van der Waals surface area contributed by atoms with Crippen molar-refractivity contribution < 1.29 is 9.90 Å². The lowest BCUT2D eigenvalue weighted by molar-refractivity contribution is 0.0698. The molecule has 1 aromatic carbocycles. The summed E-state index contributed by atoms with van der Waals surface area (Å²) in [6.07, 6.45) is 3.90. The van der Waals surface area contributed by atoms with Gasteiger partial charge in [-0.3, -0.25) is 0 Å². The van der Waals surface area contributed by atoms with Crippen LogP contribution in [0.3, 0.4) is 0 Å². The van der Waals surface area contributed by atoms with Gasteiger partial charge in [0.2, 0.25) is 0 Å². The Hall–Kier alpha value is -1.71. The molecule has 1 aromatic rings. The Morgan fingerprint density at radius 1 is 1.47 bits per heavy atom.